The van der Waals surface area contributed by atoms with Crippen LogP contribution >= 0.6 is 0 Å². The fraction of sp³-hybridized carbons (Fsp3) is 0.417. The summed E-state index contributed by atoms with van der Waals surface area (Å²) in [4.78, 5) is 12.0. The number of ether oxygens (including phenoxy) is 2. The van der Waals surface area contributed by atoms with Gasteiger partial charge < -0.3 is 14.8 Å². The molecule has 2 rings (SSSR count). The van der Waals surface area contributed by atoms with Crippen LogP contribution in [0.5, 0.6) is 5.75 Å². The zero-order chi connectivity index (χ0) is 12.3. The lowest BCUT2D eigenvalue weighted by Gasteiger charge is -2.22. The number of carbonyl (C=O) groups excluding carboxylic acids is 1. The van der Waals surface area contributed by atoms with Gasteiger partial charge in [0.15, 0.2) is 17.3 Å². The minimum atomic E-state index is -0.630. The van der Waals surface area contributed by atoms with Crippen molar-refractivity contribution in [3.63, 3.8) is 0 Å². The van der Waals surface area contributed by atoms with E-state index >= 15 is 0 Å². The summed E-state index contributed by atoms with van der Waals surface area (Å²) in [5.41, 5.74) is 0.0121. The van der Waals surface area contributed by atoms with Crippen molar-refractivity contribution in [3.8, 4) is 5.75 Å². The van der Waals surface area contributed by atoms with Crippen LogP contribution in [0.15, 0.2) is 18.2 Å². The van der Waals surface area contributed by atoms with E-state index < -0.39 is 11.9 Å². The van der Waals surface area contributed by atoms with Crippen LogP contribution in [0.3, 0.4) is 0 Å². The standard InChI is InChI=1S/C12H14FNO3/c1-16-9-4-2-3-8(11(9)13)12(15)10-7-14-5-6-17-10/h2-4,10,14H,5-7H2,1H3. The zero-order valence-electron chi connectivity index (χ0n) is 9.53. The largest absolute Gasteiger partial charge is 0.494 e. The maximum absolute atomic E-state index is 13.9. The molecule has 1 aliphatic rings. The quantitative estimate of drug-likeness (QED) is 0.800. The lowest BCUT2D eigenvalue weighted by atomic mass is 10.0. The van der Waals surface area contributed by atoms with Crippen LogP contribution < -0.4 is 10.1 Å². The topological polar surface area (TPSA) is 47.6 Å². The van der Waals surface area contributed by atoms with Crippen LogP contribution in [0.1, 0.15) is 10.4 Å². The normalized spacial score (nSPS) is 20.0. The van der Waals surface area contributed by atoms with Crippen molar-refractivity contribution in [2.45, 2.75) is 6.10 Å². The summed E-state index contributed by atoms with van der Waals surface area (Å²) in [6, 6.07) is 4.51. The van der Waals surface area contributed by atoms with Gasteiger partial charge in [-0.15, -0.1) is 0 Å². The van der Waals surface area contributed by atoms with Crippen LogP contribution in [-0.2, 0) is 4.74 Å². The molecule has 1 aliphatic heterocycles. The van der Waals surface area contributed by atoms with Crippen molar-refractivity contribution < 1.29 is 18.7 Å². The first-order valence-electron chi connectivity index (χ1n) is 5.43. The van der Waals surface area contributed by atoms with Gasteiger partial charge in [-0.3, -0.25) is 4.79 Å². The summed E-state index contributed by atoms with van der Waals surface area (Å²) in [7, 11) is 1.37. The Kier molecular flexibility index (Phi) is 3.71. The van der Waals surface area contributed by atoms with Crippen molar-refractivity contribution in [1.29, 1.82) is 0 Å². The number of carbonyl (C=O) groups is 1. The zero-order valence-corrected chi connectivity index (χ0v) is 9.53. The van der Waals surface area contributed by atoms with Crippen LogP contribution in [0.2, 0.25) is 0 Å². The highest BCUT2D eigenvalue weighted by Crippen LogP contribution is 2.21. The van der Waals surface area contributed by atoms with Gasteiger partial charge in [-0.05, 0) is 12.1 Å². The molecule has 0 aliphatic carbocycles. The molecule has 0 radical (unpaired) electrons. The number of morpholine rings is 1. The van der Waals surface area contributed by atoms with Gasteiger partial charge >= 0.3 is 0 Å². The number of rotatable bonds is 3. The first-order valence-corrected chi connectivity index (χ1v) is 5.43. The lowest BCUT2D eigenvalue weighted by Crippen LogP contribution is -2.43. The van der Waals surface area contributed by atoms with Gasteiger partial charge in [-0.25, -0.2) is 4.39 Å². The average molecular weight is 239 g/mol. The summed E-state index contributed by atoms with van der Waals surface area (Å²) >= 11 is 0. The highest BCUT2D eigenvalue weighted by Gasteiger charge is 2.26. The first-order chi connectivity index (χ1) is 8.24. The fourth-order valence-electron chi connectivity index (χ4n) is 1.77. The van der Waals surface area contributed by atoms with E-state index in [0.29, 0.717) is 19.7 Å². The second-order valence-electron chi connectivity index (χ2n) is 3.75. The fourth-order valence-corrected chi connectivity index (χ4v) is 1.77. The Morgan fingerprint density at radius 2 is 2.41 bits per heavy atom. The Morgan fingerprint density at radius 1 is 1.59 bits per heavy atom. The van der Waals surface area contributed by atoms with E-state index in [1.807, 2.05) is 0 Å². The number of ketones is 1. The Labute approximate surface area is 98.7 Å². The number of benzene rings is 1. The molecule has 0 amide bonds. The Hall–Kier alpha value is -1.46. The molecule has 0 aromatic heterocycles. The SMILES string of the molecule is COc1cccc(C(=O)C2CNCCO2)c1F. The highest BCUT2D eigenvalue weighted by atomic mass is 19.1. The number of halogens is 1. The van der Waals surface area contributed by atoms with Crippen LogP contribution in [0, 0.1) is 5.82 Å². The van der Waals surface area contributed by atoms with Gasteiger partial charge in [0.05, 0.1) is 19.3 Å². The maximum Gasteiger partial charge on any atom is 0.195 e. The Balaban J connectivity index is 2.23. The van der Waals surface area contributed by atoms with E-state index in [-0.39, 0.29) is 17.1 Å². The third-order valence-corrected chi connectivity index (χ3v) is 2.67. The number of hydrogen-bond acceptors (Lipinski definition) is 4. The third-order valence-electron chi connectivity index (χ3n) is 2.67. The first kappa shape index (κ1) is 12.0. The van der Waals surface area contributed by atoms with Gasteiger partial charge in [-0.1, -0.05) is 6.07 Å². The van der Waals surface area contributed by atoms with Gasteiger partial charge in [-0.2, -0.15) is 0 Å². The molecule has 0 bridgehead atoms. The van der Waals surface area contributed by atoms with Crippen LogP contribution in [-0.4, -0.2) is 38.7 Å². The molecule has 1 atom stereocenters. The summed E-state index contributed by atoms with van der Waals surface area (Å²) in [6.07, 6.45) is -0.620. The van der Waals surface area contributed by atoms with E-state index in [0.717, 1.165) is 0 Å². The van der Waals surface area contributed by atoms with Crippen LogP contribution in [0.25, 0.3) is 0 Å². The predicted octanol–water partition coefficient (Wildman–Crippen LogP) is 1.01. The molecule has 1 N–H and O–H groups in total. The molecular weight excluding hydrogens is 225 g/mol. The Morgan fingerprint density at radius 3 is 3.06 bits per heavy atom. The second kappa shape index (κ2) is 5.25. The van der Waals surface area contributed by atoms with Crippen molar-refractivity contribution in [3.05, 3.63) is 29.6 Å². The number of methoxy groups -OCH3 is 1. The number of nitrogens with one attached hydrogen (secondary N) is 1. The van der Waals surface area contributed by atoms with Crippen molar-refractivity contribution in [2.24, 2.45) is 0 Å². The molecule has 0 saturated carbocycles. The predicted molar refractivity (Wildman–Crippen MR) is 59.9 cm³/mol. The van der Waals surface area contributed by atoms with Gasteiger partial charge in [0.25, 0.3) is 0 Å². The molecule has 92 valence electrons. The van der Waals surface area contributed by atoms with Crippen molar-refractivity contribution >= 4 is 5.78 Å². The lowest BCUT2D eigenvalue weighted by molar-refractivity contribution is 0.0266. The molecule has 1 unspecified atom stereocenters. The molecule has 1 aromatic rings. The molecular formula is C12H14FNO3. The molecule has 5 heteroatoms. The molecule has 4 nitrogen and oxygen atoms in total. The van der Waals surface area contributed by atoms with E-state index in [1.165, 1.54) is 19.2 Å². The minimum Gasteiger partial charge on any atom is -0.494 e. The summed E-state index contributed by atoms with van der Waals surface area (Å²) in [5.74, 6) is -0.914. The summed E-state index contributed by atoms with van der Waals surface area (Å²) in [6.45, 7) is 1.59. The van der Waals surface area contributed by atoms with Crippen molar-refractivity contribution in [2.75, 3.05) is 26.8 Å². The third kappa shape index (κ3) is 2.45. The monoisotopic (exact) mass is 239 g/mol. The van der Waals surface area contributed by atoms with Gasteiger partial charge in [0.1, 0.15) is 6.10 Å². The molecule has 17 heavy (non-hydrogen) atoms. The van der Waals surface area contributed by atoms with E-state index in [4.69, 9.17) is 9.47 Å². The number of Topliss-reactive ketones (excluding diaryl/α,β-unsaturated/α-hetero) is 1. The van der Waals surface area contributed by atoms with Gasteiger partial charge in [0.2, 0.25) is 0 Å². The maximum atomic E-state index is 13.9. The molecule has 1 saturated heterocycles. The van der Waals surface area contributed by atoms with E-state index in [1.54, 1.807) is 6.07 Å². The smallest absolute Gasteiger partial charge is 0.195 e. The molecule has 1 aromatic carbocycles. The average Bonchev–Trinajstić information content (AvgIpc) is 2.39. The number of hydrogen-bond donors (Lipinski definition) is 1. The highest BCUT2D eigenvalue weighted by molar-refractivity contribution is 6.00. The molecule has 1 fully saturated rings. The van der Waals surface area contributed by atoms with Crippen molar-refractivity contribution in [1.82, 2.24) is 5.32 Å². The van der Waals surface area contributed by atoms with E-state index in [2.05, 4.69) is 5.32 Å². The molecule has 1 heterocycles. The van der Waals surface area contributed by atoms with Crippen LogP contribution in [0.4, 0.5) is 4.39 Å². The van der Waals surface area contributed by atoms with Gasteiger partial charge in [0, 0.05) is 13.1 Å². The minimum absolute atomic E-state index is 0.0121. The summed E-state index contributed by atoms with van der Waals surface area (Å²) < 4.78 is 24.0. The van der Waals surface area contributed by atoms with E-state index in [9.17, 15) is 9.18 Å². The second-order valence-corrected chi connectivity index (χ2v) is 3.75. The molecule has 0 spiro atoms. The summed E-state index contributed by atoms with van der Waals surface area (Å²) in [5, 5.41) is 3.03. The Bertz CT molecular complexity index is 416.